The number of anilines is 1. The fourth-order valence-corrected chi connectivity index (χ4v) is 2.24. The summed E-state index contributed by atoms with van der Waals surface area (Å²) in [5.41, 5.74) is 0.423. The summed E-state index contributed by atoms with van der Waals surface area (Å²) >= 11 is 5.06. The Hall–Kier alpha value is -3.13. The van der Waals surface area contributed by atoms with Gasteiger partial charge in [0.05, 0.1) is 20.2 Å². The van der Waals surface area contributed by atoms with Crippen LogP contribution in [0.4, 0.5) is 5.69 Å². The van der Waals surface area contributed by atoms with E-state index in [1.54, 1.807) is 18.2 Å². The molecule has 8 heteroatoms. The number of hydrogen-bond acceptors (Lipinski definition) is 6. The van der Waals surface area contributed by atoms with Gasteiger partial charge in [0.25, 0.3) is 5.91 Å². The smallest absolute Gasteiger partial charge is 0.257 e. The van der Waals surface area contributed by atoms with Crippen molar-refractivity contribution in [3.63, 3.8) is 0 Å². The number of carbonyl (C=O) groups is 2. The van der Waals surface area contributed by atoms with Crippen molar-refractivity contribution < 1.29 is 24.2 Å². The first-order chi connectivity index (χ1) is 11.9. The highest BCUT2D eigenvalue weighted by Crippen LogP contribution is 2.22. The molecule has 2 N–H and O–H groups in total. The molecule has 2 aromatic rings. The zero-order valence-corrected chi connectivity index (χ0v) is 14.3. The number of hydrogen-bond donors (Lipinski definition) is 2. The maximum absolute atomic E-state index is 12.3. The monoisotopic (exact) mass is 359 g/mol. The molecule has 0 spiro atoms. The van der Waals surface area contributed by atoms with E-state index in [1.807, 2.05) is 0 Å². The van der Waals surface area contributed by atoms with Gasteiger partial charge < -0.3 is 24.7 Å². The van der Waals surface area contributed by atoms with E-state index in [9.17, 15) is 14.7 Å². The molecule has 0 aliphatic rings. The number of benzene rings is 2. The minimum absolute atomic E-state index is 0.0551. The number of para-hydroxylation sites is 1. The lowest BCUT2D eigenvalue weighted by Gasteiger charge is -2.14. The quantitative estimate of drug-likeness (QED) is 0.774. The molecule has 0 bridgehead atoms. The lowest BCUT2D eigenvalue weighted by atomic mass is 10.2. The zero-order valence-electron chi connectivity index (χ0n) is 13.5. The second-order valence-electron chi connectivity index (χ2n) is 4.84. The molecule has 1 amide bonds. The normalized spacial score (nSPS) is 9.84. The Labute approximate surface area is 149 Å². The Balaban J connectivity index is 2.13. The van der Waals surface area contributed by atoms with Gasteiger partial charge in [0.1, 0.15) is 11.5 Å². The van der Waals surface area contributed by atoms with Crippen molar-refractivity contribution in [1.29, 1.82) is 0 Å². The van der Waals surface area contributed by atoms with E-state index in [4.69, 9.17) is 21.7 Å². The van der Waals surface area contributed by atoms with Gasteiger partial charge in [-0.3, -0.25) is 10.1 Å². The fraction of sp³-hybridized carbons (Fsp3) is 0.118. The molecule has 0 saturated heterocycles. The summed E-state index contributed by atoms with van der Waals surface area (Å²) in [5, 5.41) is 16.2. The Morgan fingerprint density at radius 2 is 1.64 bits per heavy atom. The van der Waals surface area contributed by atoms with Crippen molar-refractivity contribution in [1.82, 2.24) is 5.32 Å². The number of rotatable bonds is 5. The van der Waals surface area contributed by atoms with Crippen LogP contribution in [0.15, 0.2) is 42.5 Å². The van der Waals surface area contributed by atoms with Crippen LogP contribution in [-0.2, 0) is 0 Å². The molecule has 0 unspecified atom stereocenters. The average molecular weight is 359 g/mol. The van der Waals surface area contributed by atoms with Gasteiger partial charge in [0.15, 0.2) is 5.11 Å². The van der Waals surface area contributed by atoms with Crippen molar-refractivity contribution in [2.45, 2.75) is 0 Å². The highest BCUT2D eigenvalue weighted by molar-refractivity contribution is 7.80. The molecule has 2 aromatic carbocycles. The topological polar surface area (TPSA) is 99.7 Å². The van der Waals surface area contributed by atoms with Crippen LogP contribution >= 0.6 is 12.2 Å². The zero-order chi connectivity index (χ0) is 18.4. The molecular formula is C17H15N2O5S-. The third-order valence-corrected chi connectivity index (χ3v) is 3.44. The maximum Gasteiger partial charge on any atom is 0.257 e. The van der Waals surface area contributed by atoms with Crippen LogP contribution in [0.2, 0.25) is 0 Å². The van der Waals surface area contributed by atoms with Crippen LogP contribution in [-0.4, -0.2) is 31.2 Å². The van der Waals surface area contributed by atoms with Crippen molar-refractivity contribution in [3.8, 4) is 11.5 Å². The van der Waals surface area contributed by atoms with Crippen LogP contribution < -0.4 is 25.2 Å². The van der Waals surface area contributed by atoms with Crippen LogP contribution in [0.25, 0.3) is 0 Å². The Morgan fingerprint density at radius 1 is 1.04 bits per heavy atom. The van der Waals surface area contributed by atoms with Crippen molar-refractivity contribution >= 4 is 34.9 Å². The van der Waals surface area contributed by atoms with Gasteiger partial charge in [-0.25, -0.2) is 0 Å². The summed E-state index contributed by atoms with van der Waals surface area (Å²) in [4.78, 5) is 23.4. The van der Waals surface area contributed by atoms with Crippen LogP contribution in [0.1, 0.15) is 20.7 Å². The number of ether oxygens (including phenoxy) is 2. The molecule has 2 rings (SSSR count). The number of thiocarbonyl (C=S) groups is 1. The van der Waals surface area contributed by atoms with E-state index in [1.165, 1.54) is 38.5 Å². The van der Waals surface area contributed by atoms with E-state index >= 15 is 0 Å². The van der Waals surface area contributed by atoms with Gasteiger partial charge in [-0.1, -0.05) is 18.2 Å². The molecule has 0 aromatic heterocycles. The first-order valence-corrected chi connectivity index (χ1v) is 7.51. The summed E-state index contributed by atoms with van der Waals surface area (Å²) in [6.07, 6.45) is 0. The van der Waals surface area contributed by atoms with Gasteiger partial charge in [-0.15, -0.1) is 0 Å². The SMILES string of the molecule is COc1cc(OC)cc(C(=O)NC(=S)Nc2ccccc2C(=O)[O-])c1. The minimum atomic E-state index is -1.35. The number of carbonyl (C=O) groups excluding carboxylic acids is 2. The number of carboxylic acid groups (broad SMARTS) is 1. The molecule has 0 saturated carbocycles. The molecule has 25 heavy (non-hydrogen) atoms. The number of amides is 1. The summed E-state index contributed by atoms with van der Waals surface area (Å²) in [5.74, 6) is -0.952. The van der Waals surface area contributed by atoms with Gasteiger partial charge in [-0.2, -0.15) is 0 Å². The molecule has 0 radical (unpaired) electrons. The standard InChI is InChI=1S/C17H16N2O5S/c1-23-11-7-10(8-12(9-11)24-2)15(20)19-17(25)18-14-6-4-3-5-13(14)16(21)22/h3-9H,1-2H3,(H,21,22)(H2,18,19,20,25)/p-1. The molecule has 7 nitrogen and oxygen atoms in total. The first-order valence-electron chi connectivity index (χ1n) is 7.10. The Bertz CT molecular complexity index is 800. The van der Waals surface area contributed by atoms with E-state index in [2.05, 4.69) is 10.6 Å². The Kier molecular flexibility index (Phi) is 5.91. The van der Waals surface area contributed by atoms with Crippen molar-refractivity contribution in [2.24, 2.45) is 0 Å². The Morgan fingerprint density at radius 3 is 2.20 bits per heavy atom. The van der Waals surface area contributed by atoms with Crippen LogP contribution in [0.3, 0.4) is 0 Å². The average Bonchev–Trinajstić information content (AvgIpc) is 2.61. The second kappa shape index (κ2) is 8.11. The molecular weight excluding hydrogens is 344 g/mol. The second-order valence-corrected chi connectivity index (χ2v) is 5.25. The van der Waals surface area contributed by atoms with Gasteiger partial charge in [-0.05, 0) is 30.4 Å². The predicted molar refractivity (Wildman–Crippen MR) is 94.0 cm³/mol. The maximum atomic E-state index is 12.3. The largest absolute Gasteiger partial charge is 0.545 e. The summed E-state index contributed by atoms with van der Waals surface area (Å²) in [6.45, 7) is 0. The highest BCUT2D eigenvalue weighted by atomic mass is 32.1. The lowest BCUT2D eigenvalue weighted by molar-refractivity contribution is -0.254. The number of nitrogens with one attached hydrogen (secondary N) is 2. The minimum Gasteiger partial charge on any atom is -0.545 e. The molecule has 0 atom stereocenters. The van der Waals surface area contributed by atoms with Crippen LogP contribution in [0.5, 0.6) is 11.5 Å². The van der Waals surface area contributed by atoms with Crippen molar-refractivity contribution in [2.75, 3.05) is 19.5 Å². The van der Waals surface area contributed by atoms with Gasteiger partial charge >= 0.3 is 0 Å². The van der Waals surface area contributed by atoms with Crippen molar-refractivity contribution in [3.05, 3.63) is 53.6 Å². The molecule has 0 aliphatic heterocycles. The first kappa shape index (κ1) is 18.2. The molecule has 0 fully saturated rings. The molecule has 130 valence electrons. The number of methoxy groups -OCH3 is 2. The third kappa shape index (κ3) is 4.67. The van der Waals surface area contributed by atoms with Crippen LogP contribution in [0, 0.1) is 0 Å². The number of carboxylic acids is 1. The summed E-state index contributed by atoms with van der Waals surface area (Å²) < 4.78 is 10.2. The number of aromatic carboxylic acids is 1. The van der Waals surface area contributed by atoms with Gasteiger partial charge in [0, 0.05) is 22.9 Å². The summed E-state index contributed by atoms with van der Waals surface area (Å²) in [6, 6.07) is 10.7. The van der Waals surface area contributed by atoms with E-state index in [-0.39, 0.29) is 21.9 Å². The predicted octanol–water partition coefficient (Wildman–Crippen LogP) is 1.19. The highest BCUT2D eigenvalue weighted by Gasteiger charge is 2.12. The van der Waals surface area contributed by atoms with E-state index in [0.29, 0.717) is 11.5 Å². The van der Waals surface area contributed by atoms with E-state index in [0.717, 1.165) is 0 Å². The van der Waals surface area contributed by atoms with Gasteiger partial charge in [0.2, 0.25) is 0 Å². The lowest BCUT2D eigenvalue weighted by Crippen LogP contribution is -2.35. The van der Waals surface area contributed by atoms with E-state index < -0.39 is 11.9 Å². The third-order valence-electron chi connectivity index (χ3n) is 3.24. The fourth-order valence-electron chi connectivity index (χ4n) is 2.04. The molecule has 0 aliphatic carbocycles. The molecule has 0 heterocycles. The summed E-state index contributed by atoms with van der Waals surface area (Å²) in [7, 11) is 2.94.